The summed E-state index contributed by atoms with van der Waals surface area (Å²) in [4.78, 5) is 26.0. The average molecular weight is 397 g/mol. The van der Waals surface area contributed by atoms with Gasteiger partial charge in [-0.05, 0) is 29.3 Å². The molecule has 0 aromatic heterocycles. The summed E-state index contributed by atoms with van der Waals surface area (Å²) in [7, 11) is 0. The standard InChI is InChI=1S/C22H16Cl2NO2/c23-18-10-6-11-19(24)21(18)22(27)25(15-16-7-2-1-3-8-16)20-12-5-4-9-17(20)13-14-26/h1-12H,13,15H2. The van der Waals surface area contributed by atoms with Gasteiger partial charge in [0.1, 0.15) is 0 Å². The van der Waals surface area contributed by atoms with E-state index in [1.54, 1.807) is 35.2 Å². The molecule has 0 unspecified atom stereocenters. The summed E-state index contributed by atoms with van der Waals surface area (Å²) in [5.41, 5.74) is 2.52. The number of nitrogens with zero attached hydrogens (tertiary/aromatic N) is 1. The van der Waals surface area contributed by atoms with Crippen LogP contribution >= 0.6 is 23.2 Å². The van der Waals surface area contributed by atoms with Gasteiger partial charge in [-0.25, -0.2) is 0 Å². The van der Waals surface area contributed by atoms with Gasteiger partial charge in [-0.3, -0.25) is 9.59 Å². The van der Waals surface area contributed by atoms with Crippen molar-refractivity contribution in [3.05, 3.63) is 99.5 Å². The maximum atomic E-state index is 13.4. The molecule has 0 spiro atoms. The monoisotopic (exact) mass is 396 g/mol. The second-order valence-corrected chi connectivity index (χ2v) is 6.74. The van der Waals surface area contributed by atoms with E-state index in [0.29, 0.717) is 17.8 Å². The molecular weight excluding hydrogens is 381 g/mol. The van der Waals surface area contributed by atoms with E-state index in [2.05, 4.69) is 0 Å². The molecule has 0 aliphatic heterocycles. The summed E-state index contributed by atoms with van der Waals surface area (Å²) >= 11 is 12.5. The van der Waals surface area contributed by atoms with Gasteiger partial charge in [0.05, 0.1) is 22.2 Å². The van der Waals surface area contributed by atoms with Gasteiger partial charge in [-0.1, -0.05) is 77.8 Å². The van der Waals surface area contributed by atoms with E-state index in [4.69, 9.17) is 23.2 Å². The SMILES string of the molecule is O=[C]Cc1ccccc1N(Cc1ccccc1)C(=O)c1c(Cl)cccc1Cl. The van der Waals surface area contributed by atoms with Crippen molar-refractivity contribution in [1.29, 1.82) is 0 Å². The van der Waals surface area contributed by atoms with Crippen LogP contribution in [0, 0.1) is 0 Å². The lowest BCUT2D eigenvalue weighted by Gasteiger charge is -2.26. The van der Waals surface area contributed by atoms with Crippen molar-refractivity contribution < 1.29 is 9.59 Å². The normalized spacial score (nSPS) is 10.4. The van der Waals surface area contributed by atoms with E-state index in [1.165, 1.54) is 0 Å². The Balaban J connectivity index is 2.10. The Morgan fingerprint density at radius 2 is 1.48 bits per heavy atom. The zero-order chi connectivity index (χ0) is 19.2. The third kappa shape index (κ3) is 4.38. The lowest BCUT2D eigenvalue weighted by atomic mass is 10.1. The number of hydrogen-bond acceptors (Lipinski definition) is 2. The predicted octanol–water partition coefficient (Wildman–Crippen LogP) is 5.49. The predicted molar refractivity (Wildman–Crippen MR) is 109 cm³/mol. The van der Waals surface area contributed by atoms with E-state index < -0.39 is 0 Å². The molecule has 1 amide bonds. The molecule has 3 rings (SSSR count). The summed E-state index contributed by atoms with van der Waals surface area (Å²) < 4.78 is 0. The number of anilines is 1. The summed E-state index contributed by atoms with van der Waals surface area (Å²) in [6.07, 6.45) is 1.99. The van der Waals surface area contributed by atoms with Gasteiger partial charge in [-0.15, -0.1) is 0 Å². The van der Waals surface area contributed by atoms with Crippen LogP contribution < -0.4 is 4.90 Å². The Hall–Kier alpha value is -2.62. The zero-order valence-electron chi connectivity index (χ0n) is 14.4. The molecule has 5 heteroatoms. The molecule has 3 aromatic carbocycles. The van der Waals surface area contributed by atoms with Crippen LogP contribution in [0.5, 0.6) is 0 Å². The molecule has 27 heavy (non-hydrogen) atoms. The largest absolute Gasteiger partial charge is 0.304 e. The highest BCUT2D eigenvalue weighted by Gasteiger charge is 2.24. The summed E-state index contributed by atoms with van der Waals surface area (Å²) in [5.74, 6) is -0.326. The number of para-hydroxylation sites is 1. The summed E-state index contributed by atoms with van der Waals surface area (Å²) in [6, 6.07) is 21.8. The first-order valence-corrected chi connectivity index (χ1v) is 9.10. The molecule has 1 radical (unpaired) electrons. The Kier molecular flexibility index (Phi) is 6.28. The lowest BCUT2D eigenvalue weighted by molar-refractivity contribution is 0.0985. The minimum Gasteiger partial charge on any atom is -0.304 e. The van der Waals surface area contributed by atoms with Gasteiger partial charge >= 0.3 is 0 Å². The number of carbonyl (C=O) groups is 1. The number of benzene rings is 3. The summed E-state index contributed by atoms with van der Waals surface area (Å²) in [6.45, 7) is 0.317. The van der Waals surface area contributed by atoms with E-state index in [9.17, 15) is 9.59 Å². The number of rotatable bonds is 6. The molecule has 0 fully saturated rings. The maximum Gasteiger partial charge on any atom is 0.261 e. The van der Waals surface area contributed by atoms with E-state index in [1.807, 2.05) is 48.8 Å². The van der Waals surface area contributed by atoms with Crippen LogP contribution in [0.1, 0.15) is 21.5 Å². The fourth-order valence-corrected chi connectivity index (χ4v) is 3.43. The molecule has 0 aliphatic carbocycles. The number of amides is 1. The highest BCUT2D eigenvalue weighted by molar-refractivity contribution is 6.40. The maximum absolute atomic E-state index is 13.4. The number of hydrogen-bond donors (Lipinski definition) is 0. The smallest absolute Gasteiger partial charge is 0.261 e. The fraction of sp³-hybridized carbons (Fsp3) is 0.0909. The first-order valence-electron chi connectivity index (χ1n) is 8.34. The van der Waals surface area contributed by atoms with Crippen LogP contribution in [0.2, 0.25) is 10.0 Å². The van der Waals surface area contributed by atoms with Crippen molar-refractivity contribution in [2.75, 3.05) is 4.90 Å². The molecule has 0 N–H and O–H groups in total. The van der Waals surface area contributed by atoms with Crippen LogP contribution in [0.25, 0.3) is 0 Å². The summed E-state index contributed by atoms with van der Waals surface area (Å²) in [5, 5.41) is 0.565. The van der Waals surface area contributed by atoms with Crippen LogP contribution in [0.4, 0.5) is 5.69 Å². The minimum atomic E-state index is -0.326. The molecule has 0 aliphatic rings. The van der Waals surface area contributed by atoms with E-state index in [0.717, 1.165) is 5.56 Å². The molecule has 0 heterocycles. The Morgan fingerprint density at radius 3 is 2.15 bits per heavy atom. The van der Waals surface area contributed by atoms with Crippen LogP contribution in [0.15, 0.2) is 72.8 Å². The van der Waals surface area contributed by atoms with Crippen molar-refractivity contribution in [2.24, 2.45) is 0 Å². The van der Waals surface area contributed by atoms with Gasteiger partial charge < -0.3 is 4.90 Å². The number of carbonyl (C=O) groups excluding carboxylic acids is 2. The van der Waals surface area contributed by atoms with Crippen LogP contribution in [-0.4, -0.2) is 12.2 Å². The molecular formula is C22H16Cl2NO2. The second-order valence-electron chi connectivity index (χ2n) is 5.92. The second kappa shape index (κ2) is 8.85. The van der Waals surface area contributed by atoms with Gasteiger partial charge in [0, 0.05) is 12.1 Å². The number of halogens is 2. The first-order chi connectivity index (χ1) is 13.1. The Morgan fingerprint density at radius 1 is 0.852 bits per heavy atom. The lowest BCUT2D eigenvalue weighted by Crippen LogP contribution is -2.31. The van der Waals surface area contributed by atoms with Gasteiger partial charge in [0.25, 0.3) is 5.91 Å². The van der Waals surface area contributed by atoms with Gasteiger partial charge in [-0.2, -0.15) is 0 Å². The average Bonchev–Trinajstić information content (AvgIpc) is 2.67. The van der Waals surface area contributed by atoms with Gasteiger partial charge in [0.2, 0.25) is 6.29 Å². The molecule has 0 atom stereocenters. The third-order valence-electron chi connectivity index (χ3n) is 4.15. The van der Waals surface area contributed by atoms with Crippen molar-refractivity contribution in [1.82, 2.24) is 0 Å². The first kappa shape index (κ1) is 19.2. The third-order valence-corrected chi connectivity index (χ3v) is 4.78. The van der Waals surface area contributed by atoms with Crippen LogP contribution in [0.3, 0.4) is 0 Å². The highest BCUT2D eigenvalue weighted by Crippen LogP contribution is 2.30. The van der Waals surface area contributed by atoms with Crippen LogP contribution in [-0.2, 0) is 17.8 Å². The Labute approximate surface area is 168 Å². The van der Waals surface area contributed by atoms with E-state index in [-0.39, 0.29) is 27.9 Å². The van der Waals surface area contributed by atoms with Crippen molar-refractivity contribution >= 4 is 41.1 Å². The molecule has 0 saturated heterocycles. The van der Waals surface area contributed by atoms with Gasteiger partial charge in [0.15, 0.2) is 0 Å². The minimum absolute atomic E-state index is 0.0883. The van der Waals surface area contributed by atoms with E-state index >= 15 is 0 Å². The molecule has 135 valence electrons. The Bertz CT molecular complexity index is 937. The molecule has 0 saturated carbocycles. The fourth-order valence-electron chi connectivity index (χ4n) is 2.87. The van der Waals surface area contributed by atoms with Crippen molar-refractivity contribution in [2.45, 2.75) is 13.0 Å². The zero-order valence-corrected chi connectivity index (χ0v) is 15.9. The van der Waals surface area contributed by atoms with Crippen molar-refractivity contribution in [3.63, 3.8) is 0 Å². The van der Waals surface area contributed by atoms with Crippen molar-refractivity contribution in [3.8, 4) is 0 Å². The molecule has 3 nitrogen and oxygen atoms in total. The quantitative estimate of drug-likeness (QED) is 0.551. The molecule has 0 bridgehead atoms. The molecule has 3 aromatic rings. The highest BCUT2D eigenvalue weighted by atomic mass is 35.5. The topological polar surface area (TPSA) is 37.4 Å².